The zero-order valence-electron chi connectivity index (χ0n) is 11.5. The van der Waals surface area contributed by atoms with E-state index in [4.69, 9.17) is 5.73 Å². The second-order valence-corrected chi connectivity index (χ2v) is 4.37. The summed E-state index contributed by atoms with van der Waals surface area (Å²) >= 11 is 4.46. The highest BCUT2D eigenvalue weighted by atomic mass is 32.1. The van der Waals surface area contributed by atoms with Gasteiger partial charge in [-0.15, -0.1) is 0 Å². The Labute approximate surface area is 125 Å². The van der Waals surface area contributed by atoms with Crippen LogP contribution in [0.5, 0.6) is 0 Å². The van der Waals surface area contributed by atoms with Gasteiger partial charge in [0.2, 0.25) is 0 Å². The Morgan fingerprint density at radius 3 is 1.85 bits per heavy atom. The number of nitrogens with two attached hydrogens (primary N) is 1. The molecule has 0 heterocycles. The zero-order valence-corrected chi connectivity index (χ0v) is 12.3. The standard InChI is InChI=1S/C12H10.C4H9N3S/c1-3-7-11(8-4-1)12-9-5-2-6-10-12;1-2-3-6-7-4(5)8/h1-10H;3H,2H2,1H3,(H3,5,7,8). The Hall–Kier alpha value is -2.20. The lowest BCUT2D eigenvalue weighted by atomic mass is 10.1. The summed E-state index contributed by atoms with van der Waals surface area (Å²) in [5.41, 5.74) is 10.0. The van der Waals surface area contributed by atoms with Crippen molar-refractivity contribution in [1.82, 2.24) is 5.43 Å². The van der Waals surface area contributed by atoms with E-state index < -0.39 is 0 Å². The summed E-state index contributed by atoms with van der Waals surface area (Å²) in [6, 6.07) is 20.8. The number of nitrogens with one attached hydrogen (secondary N) is 1. The van der Waals surface area contributed by atoms with E-state index in [1.807, 2.05) is 19.1 Å². The Balaban J connectivity index is 0.000000221. The molecule has 0 saturated heterocycles. The van der Waals surface area contributed by atoms with Crippen LogP contribution in [0.15, 0.2) is 65.8 Å². The number of benzene rings is 2. The molecule has 0 aliphatic heterocycles. The highest BCUT2D eigenvalue weighted by molar-refractivity contribution is 7.80. The van der Waals surface area contributed by atoms with E-state index in [1.165, 1.54) is 11.1 Å². The van der Waals surface area contributed by atoms with Crippen LogP contribution in [0.4, 0.5) is 0 Å². The number of hydrogen-bond acceptors (Lipinski definition) is 2. The summed E-state index contributed by atoms with van der Waals surface area (Å²) in [7, 11) is 0. The van der Waals surface area contributed by atoms with Crippen LogP contribution in [-0.4, -0.2) is 11.3 Å². The van der Waals surface area contributed by atoms with Crippen molar-refractivity contribution in [2.24, 2.45) is 10.8 Å². The normalized spacial score (nSPS) is 9.65. The lowest BCUT2D eigenvalue weighted by Gasteiger charge is -1.98. The first-order valence-electron chi connectivity index (χ1n) is 6.41. The lowest BCUT2D eigenvalue weighted by Crippen LogP contribution is -2.23. The van der Waals surface area contributed by atoms with Crippen LogP contribution < -0.4 is 11.2 Å². The minimum Gasteiger partial charge on any atom is -0.375 e. The highest BCUT2D eigenvalue weighted by Crippen LogP contribution is 2.17. The maximum atomic E-state index is 5.04. The summed E-state index contributed by atoms with van der Waals surface area (Å²) in [6.45, 7) is 1.98. The molecule has 0 spiro atoms. The van der Waals surface area contributed by atoms with E-state index in [0.717, 1.165) is 6.42 Å². The van der Waals surface area contributed by atoms with E-state index in [-0.39, 0.29) is 5.11 Å². The van der Waals surface area contributed by atoms with Crippen LogP contribution in [0.3, 0.4) is 0 Å². The molecule has 0 amide bonds. The first-order valence-corrected chi connectivity index (χ1v) is 6.82. The quantitative estimate of drug-likeness (QED) is 0.515. The topological polar surface area (TPSA) is 50.4 Å². The number of rotatable bonds is 3. The van der Waals surface area contributed by atoms with Gasteiger partial charge in [0.1, 0.15) is 0 Å². The number of hydrogen-bond donors (Lipinski definition) is 2. The van der Waals surface area contributed by atoms with Crippen molar-refractivity contribution in [2.75, 3.05) is 0 Å². The van der Waals surface area contributed by atoms with Gasteiger partial charge < -0.3 is 5.73 Å². The SMILES string of the molecule is CCC=NNC(N)=S.c1ccc(-c2ccccc2)cc1. The van der Waals surface area contributed by atoms with E-state index in [0.29, 0.717) is 0 Å². The lowest BCUT2D eigenvalue weighted by molar-refractivity contribution is 1.03. The van der Waals surface area contributed by atoms with Gasteiger partial charge in [-0.1, -0.05) is 67.6 Å². The molecule has 0 fully saturated rings. The summed E-state index contributed by atoms with van der Waals surface area (Å²) in [5.74, 6) is 0. The van der Waals surface area contributed by atoms with Gasteiger partial charge in [0.25, 0.3) is 0 Å². The van der Waals surface area contributed by atoms with Crippen LogP contribution in [0.25, 0.3) is 11.1 Å². The van der Waals surface area contributed by atoms with Crippen molar-refractivity contribution in [3.05, 3.63) is 60.7 Å². The molecular formula is C16H19N3S. The molecule has 0 saturated carbocycles. The Morgan fingerprint density at radius 1 is 1.05 bits per heavy atom. The molecule has 0 radical (unpaired) electrons. The maximum Gasteiger partial charge on any atom is 0.184 e. The van der Waals surface area contributed by atoms with Gasteiger partial charge in [0.15, 0.2) is 5.11 Å². The van der Waals surface area contributed by atoms with Gasteiger partial charge in [0, 0.05) is 6.21 Å². The van der Waals surface area contributed by atoms with Crippen molar-refractivity contribution in [3.8, 4) is 11.1 Å². The van der Waals surface area contributed by atoms with Crippen LogP contribution >= 0.6 is 12.2 Å². The first-order chi connectivity index (χ1) is 9.74. The molecule has 2 rings (SSSR count). The number of hydrazone groups is 1. The molecule has 20 heavy (non-hydrogen) atoms. The monoisotopic (exact) mass is 285 g/mol. The van der Waals surface area contributed by atoms with Crippen LogP contribution in [0, 0.1) is 0 Å². The third-order valence-corrected chi connectivity index (χ3v) is 2.42. The molecule has 3 nitrogen and oxygen atoms in total. The van der Waals surface area contributed by atoms with Gasteiger partial charge in [-0.3, -0.25) is 5.43 Å². The predicted octanol–water partition coefficient (Wildman–Crippen LogP) is 3.57. The van der Waals surface area contributed by atoms with E-state index in [1.54, 1.807) is 6.21 Å². The van der Waals surface area contributed by atoms with Crippen molar-refractivity contribution in [1.29, 1.82) is 0 Å². The first kappa shape index (κ1) is 15.9. The molecule has 0 bridgehead atoms. The fourth-order valence-corrected chi connectivity index (χ4v) is 1.51. The van der Waals surface area contributed by atoms with Crippen molar-refractivity contribution in [3.63, 3.8) is 0 Å². The molecule has 4 heteroatoms. The summed E-state index contributed by atoms with van der Waals surface area (Å²) < 4.78 is 0. The third kappa shape index (κ3) is 6.66. The van der Waals surface area contributed by atoms with Gasteiger partial charge in [0.05, 0.1) is 0 Å². The average molecular weight is 285 g/mol. The maximum absolute atomic E-state index is 5.04. The van der Waals surface area contributed by atoms with E-state index in [9.17, 15) is 0 Å². The smallest absolute Gasteiger partial charge is 0.184 e. The van der Waals surface area contributed by atoms with Gasteiger partial charge in [-0.25, -0.2) is 0 Å². The molecule has 3 N–H and O–H groups in total. The summed E-state index contributed by atoms with van der Waals surface area (Å²) in [6.07, 6.45) is 2.58. The largest absolute Gasteiger partial charge is 0.375 e. The molecule has 0 aliphatic rings. The van der Waals surface area contributed by atoms with Gasteiger partial charge in [-0.2, -0.15) is 5.10 Å². The van der Waals surface area contributed by atoms with E-state index >= 15 is 0 Å². The number of thiocarbonyl (C=S) groups is 1. The molecule has 0 unspecified atom stereocenters. The molecular weight excluding hydrogens is 266 g/mol. The number of nitrogens with zero attached hydrogens (tertiary/aromatic N) is 1. The van der Waals surface area contributed by atoms with Crippen LogP contribution in [0.2, 0.25) is 0 Å². The minimum absolute atomic E-state index is 0.203. The molecule has 104 valence electrons. The highest BCUT2D eigenvalue weighted by Gasteiger charge is 1.91. The molecule has 0 aromatic heterocycles. The molecule has 0 aliphatic carbocycles. The summed E-state index contributed by atoms with van der Waals surface area (Å²) in [5, 5.41) is 3.85. The molecule has 2 aromatic rings. The average Bonchev–Trinajstić information content (AvgIpc) is 2.50. The van der Waals surface area contributed by atoms with Crippen LogP contribution in [-0.2, 0) is 0 Å². The predicted molar refractivity (Wildman–Crippen MR) is 90.6 cm³/mol. The van der Waals surface area contributed by atoms with E-state index in [2.05, 4.69) is 71.3 Å². The third-order valence-electron chi connectivity index (χ3n) is 2.33. The fourth-order valence-electron chi connectivity index (χ4n) is 1.46. The van der Waals surface area contributed by atoms with Crippen molar-refractivity contribution in [2.45, 2.75) is 13.3 Å². The van der Waals surface area contributed by atoms with Crippen LogP contribution in [0.1, 0.15) is 13.3 Å². The van der Waals surface area contributed by atoms with Crippen molar-refractivity contribution >= 4 is 23.5 Å². The molecule has 0 atom stereocenters. The summed E-state index contributed by atoms with van der Waals surface area (Å²) in [4.78, 5) is 0. The minimum atomic E-state index is 0.203. The fraction of sp³-hybridized carbons (Fsp3) is 0.125. The van der Waals surface area contributed by atoms with Crippen molar-refractivity contribution < 1.29 is 0 Å². The van der Waals surface area contributed by atoms with Gasteiger partial charge >= 0.3 is 0 Å². The second-order valence-electron chi connectivity index (χ2n) is 3.93. The Morgan fingerprint density at radius 2 is 1.50 bits per heavy atom. The molecule has 2 aromatic carbocycles. The van der Waals surface area contributed by atoms with Gasteiger partial charge in [-0.05, 0) is 29.8 Å². The Kier molecular flexibility index (Phi) is 7.69. The Bertz CT molecular complexity index is 486. The second kappa shape index (κ2) is 9.69. The zero-order chi connectivity index (χ0) is 14.6.